The van der Waals surface area contributed by atoms with Crippen molar-refractivity contribution >= 4 is 35.3 Å². The Hall–Kier alpha value is -2.92. The lowest BCUT2D eigenvalue weighted by Gasteiger charge is -2.24. The normalized spacial score (nSPS) is 12.0. The fourth-order valence-corrected chi connectivity index (χ4v) is 3.99. The van der Waals surface area contributed by atoms with Crippen molar-refractivity contribution in [3.05, 3.63) is 88.1 Å². The molecule has 0 saturated heterocycles. The first-order valence-corrected chi connectivity index (χ1v) is 10.2. The van der Waals surface area contributed by atoms with Gasteiger partial charge in [-0.25, -0.2) is 9.78 Å². The number of benzene rings is 2. The highest BCUT2D eigenvalue weighted by molar-refractivity contribution is 8.00. The Morgan fingerprint density at radius 3 is 2.15 bits per heavy atom. The van der Waals surface area contributed by atoms with Crippen LogP contribution in [0.4, 0.5) is 32.2 Å². The van der Waals surface area contributed by atoms with Gasteiger partial charge in [0.25, 0.3) is 0 Å². The van der Waals surface area contributed by atoms with Crippen molar-refractivity contribution in [2.24, 2.45) is 0 Å². The monoisotopic (exact) mass is 506 g/mol. The van der Waals surface area contributed by atoms with Crippen molar-refractivity contribution in [2.45, 2.75) is 23.8 Å². The summed E-state index contributed by atoms with van der Waals surface area (Å²) in [6, 6.07) is 10.7. The van der Waals surface area contributed by atoms with E-state index in [1.165, 1.54) is 40.7 Å². The van der Waals surface area contributed by atoms with Crippen LogP contribution in [0.2, 0.25) is 5.02 Å². The molecule has 1 heterocycles. The van der Waals surface area contributed by atoms with Crippen molar-refractivity contribution in [2.75, 3.05) is 4.31 Å². The molecule has 3 rings (SSSR count). The van der Waals surface area contributed by atoms with Gasteiger partial charge < -0.3 is 5.11 Å². The van der Waals surface area contributed by atoms with Crippen LogP contribution in [0.15, 0.2) is 65.7 Å². The van der Waals surface area contributed by atoms with Gasteiger partial charge in [-0.3, -0.25) is 4.31 Å². The van der Waals surface area contributed by atoms with Crippen LogP contribution < -0.4 is 4.31 Å². The molecule has 174 valence electrons. The maximum Gasteiger partial charge on any atom is 0.417 e. The molecular weight excluding hydrogens is 494 g/mol. The van der Waals surface area contributed by atoms with E-state index in [9.17, 15) is 31.1 Å². The molecule has 0 amide bonds. The molecule has 1 N–H and O–H groups in total. The summed E-state index contributed by atoms with van der Waals surface area (Å²) in [5.74, 6) is -1.26. The topological polar surface area (TPSA) is 53.4 Å². The number of carbonyl (C=O) groups is 1. The van der Waals surface area contributed by atoms with Gasteiger partial charge in [0.1, 0.15) is 0 Å². The standard InChI is InChI=1S/C21H13ClF6N2O2S/c22-17-9-15(21(26,27)28)10-29-18(17)30(33-16-6-4-13(5-7-16)19(31)32)11-12-2-1-3-14(8-12)20(23,24)25/h1-10H,11H2,(H,31,32). The van der Waals surface area contributed by atoms with E-state index < -0.39 is 29.4 Å². The van der Waals surface area contributed by atoms with Gasteiger partial charge in [0.05, 0.1) is 28.3 Å². The van der Waals surface area contributed by atoms with E-state index in [1.54, 1.807) is 0 Å². The summed E-state index contributed by atoms with van der Waals surface area (Å²) in [6.07, 6.45) is -8.68. The lowest BCUT2D eigenvalue weighted by Crippen LogP contribution is -2.17. The number of aromatic nitrogens is 1. The van der Waals surface area contributed by atoms with Crippen LogP contribution in [0.1, 0.15) is 27.0 Å². The first kappa shape index (κ1) is 24.7. The average Bonchev–Trinajstić information content (AvgIpc) is 2.72. The minimum atomic E-state index is -4.68. The van der Waals surface area contributed by atoms with Gasteiger partial charge >= 0.3 is 18.3 Å². The summed E-state index contributed by atoms with van der Waals surface area (Å²) in [5.41, 5.74) is -1.75. The average molecular weight is 507 g/mol. The Balaban J connectivity index is 1.99. The van der Waals surface area contributed by atoms with E-state index in [0.717, 1.165) is 24.1 Å². The molecular formula is C21H13ClF6N2O2S. The van der Waals surface area contributed by atoms with E-state index in [1.807, 2.05) is 0 Å². The summed E-state index contributed by atoms with van der Waals surface area (Å²) in [5, 5.41) is 8.67. The Bertz CT molecular complexity index is 1150. The number of pyridine rings is 1. The summed E-state index contributed by atoms with van der Waals surface area (Å²) in [7, 11) is 0. The molecule has 3 aromatic rings. The Labute approximate surface area is 192 Å². The SMILES string of the molecule is O=C(O)c1ccc(SN(Cc2cccc(C(F)(F)F)c2)c2ncc(C(F)(F)F)cc2Cl)cc1. The van der Waals surface area contributed by atoms with E-state index in [4.69, 9.17) is 16.7 Å². The van der Waals surface area contributed by atoms with Gasteiger partial charge in [0.15, 0.2) is 5.82 Å². The zero-order valence-electron chi connectivity index (χ0n) is 16.3. The van der Waals surface area contributed by atoms with Gasteiger partial charge in [0, 0.05) is 11.1 Å². The summed E-state index contributed by atoms with van der Waals surface area (Å²) >= 11 is 6.99. The molecule has 0 unspecified atom stereocenters. The van der Waals surface area contributed by atoms with E-state index in [0.29, 0.717) is 17.2 Å². The molecule has 0 aliphatic carbocycles. The van der Waals surface area contributed by atoms with Crippen LogP contribution in [0, 0.1) is 0 Å². The maximum absolute atomic E-state index is 13.1. The minimum absolute atomic E-state index is 0.00876. The summed E-state index contributed by atoms with van der Waals surface area (Å²) in [4.78, 5) is 15.3. The molecule has 0 aliphatic heterocycles. The van der Waals surface area contributed by atoms with E-state index in [2.05, 4.69) is 4.98 Å². The van der Waals surface area contributed by atoms with Crippen molar-refractivity contribution in [3.8, 4) is 0 Å². The molecule has 2 aromatic carbocycles. The number of nitrogens with zero attached hydrogens (tertiary/aromatic N) is 2. The summed E-state index contributed by atoms with van der Waals surface area (Å²) in [6.45, 7) is -0.187. The van der Waals surface area contributed by atoms with Gasteiger partial charge in [-0.05, 0) is 60.0 Å². The number of hydrogen-bond acceptors (Lipinski definition) is 4. The Kier molecular flexibility index (Phi) is 7.13. The molecule has 0 spiro atoms. The molecule has 4 nitrogen and oxygen atoms in total. The fraction of sp³-hybridized carbons (Fsp3) is 0.143. The van der Waals surface area contributed by atoms with Crippen molar-refractivity contribution in [1.82, 2.24) is 4.98 Å². The molecule has 0 radical (unpaired) electrons. The third-order valence-corrected chi connectivity index (χ3v) is 5.57. The zero-order chi connectivity index (χ0) is 24.4. The second-order valence-electron chi connectivity index (χ2n) is 6.68. The van der Waals surface area contributed by atoms with Gasteiger partial charge in [-0.15, -0.1) is 0 Å². The van der Waals surface area contributed by atoms with Gasteiger partial charge in [-0.1, -0.05) is 23.7 Å². The number of alkyl halides is 6. The van der Waals surface area contributed by atoms with Crippen molar-refractivity contribution in [3.63, 3.8) is 0 Å². The smallest absolute Gasteiger partial charge is 0.417 e. The van der Waals surface area contributed by atoms with Crippen LogP contribution in [-0.2, 0) is 18.9 Å². The first-order valence-electron chi connectivity index (χ1n) is 9.02. The van der Waals surface area contributed by atoms with Crippen molar-refractivity contribution < 1.29 is 36.2 Å². The Morgan fingerprint density at radius 1 is 0.970 bits per heavy atom. The van der Waals surface area contributed by atoms with E-state index >= 15 is 0 Å². The molecule has 0 bridgehead atoms. The lowest BCUT2D eigenvalue weighted by molar-refractivity contribution is -0.138. The third-order valence-electron chi connectivity index (χ3n) is 4.28. The number of halogens is 7. The predicted molar refractivity (Wildman–Crippen MR) is 111 cm³/mol. The van der Waals surface area contributed by atoms with Crippen LogP contribution >= 0.6 is 23.5 Å². The number of carboxylic acids is 1. The highest BCUT2D eigenvalue weighted by atomic mass is 35.5. The number of anilines is 1. The van der Waals surface area contributed by atoms with Gasteiger partial charge in [-0.2, -0.15) is 26.3 Å². The zero-order valence-corrected chi connectivity index (χ0v) is 17.9. The van der Waals surface area contributed by atoms with Crippen LogP contribution in [-0.4, -0.2) is 16.1 Å². The molecule has 0 fully saturated rings. The molecule has 0 saturated carbocycles. The van der Waals surface area contributed by atoms with Crippen LogP contribution in [0.3, 0.4) is 0 Å². The van der Waals surface area contributed by atoms with Crippen LogP contribution in [0.25, 0.3) is 0 Å². The number of hydrogen-bond donors (Lipinski definition) is 1. The highest BCUT2D eigenvalue weighted by Crippen LogP contribution is 2.38. The summed E-state index contributed by atoms with van der Waals surface area (Å²) < 4.78 is 79.5. The number of rotatable bonds is 6. The van der Waals surface area contributed by atoms with Crippen LogP contribution in [0.5, 0.6) is 0 Å². The Morgan fingerprint density at radius 2 is 1.61 bits per heavy atom. The quantitative estimate of drug-likeness (QED) is 0.283. The largest absolute Gasteiger partial charge is 0.478 e. The second kappa shape index (κ2) is 9.52. The molecule has 1 aromatic heterocycles. The number of aromatic carboxylic acids is 1. The predicted octanol–water partition coefficient (Wildman–Crippen LogP) is 7.18. The minimum Gasteiger partial charge on any atom is -0.478 e. The van der Waals surface area contributed by atoms with E-state index in [-0.39, 0.29) is 28.5 Å². The number of carboxylic acid groups (broad SMARTS) is 1. The van der Waals surface area contributed by atoms with Crippen molar-refractivity contribution in [1.29, 1.82) is 0 Å². The maximum atomic E-state index is 13.1. The molecule has 12 heteroatoms. The van der Waals surface area contributed by atoms with Gasteiger partial charge in [0.2, 0.25) is 0 Å². The molecule has 0 aliphatic rings. The fourth-order valence-electron chi connectivity index (χ4n) is 2.72. The second-order valence-corrected chi connectivity index (χ2v) is 8.18. The highest BCUT2D eigenvalue weighted by Gasteiger charge is 2.33. The molecule has 33 heavy (non-hydrogen) atoms. The first-order chi connectivity index (χ1) is 15.3. The lowest BCUT2D eigenvalue weighted by atomic mass is 10.1. The molecule has 0 atom stereocenters. The third kappa shape index (κ3) is 6.32.